The second kappa shape index (κ2) is 6.05. The molecule has 1 aliphatic carbocycles. The molecule has 0 bridgehead atoms. The van der Waals surface area contributed by atoms with Gasteiger partial charge in [0.2, 0.25) is 5.89 Å². The third-order valence-electron chi connectivity index (χ3n) is 4.68. The largest absolute Gasteiger partial charge is 0.463 e. The smallest absolute Gasteiger partial charge is 0.258 e. The number of hydrogen-bond acceptors (Lipinski definition) is 6. The molecule has 7 heteroatoms. The van der Waals surface area contributed by atoms with E-state index in [0.29, 0.717) is 47.9 Å². The molecule has 1 amide bonds. The van der Waals surface area contributed by atoms with E-state index in [9.17, 15) is 4.79 Å². The second-order valence-electron chi connectivity index (χ2n) is 6.54. The normalized spacial score (nSPS) is 20.8. The van der Waals surface area contributed by atoms with Gasteiger partial charge in [-0.05, 0) is 38.7 Å². The van der Waals surface area contributed by atoms with E-state index in [1.54, 1.807) is 20.1 Å². The minimum atomic E-state index is -0.117. The molecule has 2 aliphatic rings. The van der Waals surface area contributed by atoms with Crippen molar-refractivity contribution in [2.75, 3.05) is 13.7 Å². The Morgan fingerprint density at radius 3 is 3.00 bits per heavy atom. The van der Waals surface area contributed by atoms with Gasteiger partial charge in [-0.15, -0.1) is 0 Å². The van der Waals surface area contributed by atoms with E-state index >= 15 is 0 Å². The lowest BCUT2D eigenvalue weighted by atomic mass is 10.1. The first-order chi connectivity index (χ1) is 11.7. The number of hydrogen-bond donors (Lipinski definition) is 0. The molecular weight excluding hydrogens is 310 g/mol. The molecule has 1 saturated carbocycles. The van der Waals surface area contributed by atoms with Crippen LogP contribution in [0.2, 0.25) is 0 Å². The van der Waals surface area contributed by atoms with Crippen LogP contribution in [0.4, 0.5) is 0 Å². The lowest BCUT2D eigenvalue weighted by Gasteiger charge is -2.21. The lowest BCUT2D eigenvalue weighted by Crippen LogP contribution is -2.31. The number of rotatable bonds is 5. The van der Waals surface area contributed by atoms with E-state index in [4.69, 9.17) is 13.7 Å². The molecule has 7 nitrogen and oxygen atoms in total. The summed E-state index contributed by atoms with van der Waals surface area (Å²) in [6.07, 6.45) is 4.03. The van der Waals surface area contributed by atoms with E-state index in [0.717, 1.165) is 25.7 Å². The molecule has 1 aliphatic heterocycles. The quantitative estimate of drug-likeness (QED) is 0.838. The van der Waals surface area contributed by atoms with Crippen LogP contribution in [0, 0.1) is 6.92 Å². The number of aromatic nitrogens is 2. The van der Waals surface area contributed by atoms with Crippen LogP contribution >= 0.6 is 0 Å². The Morgan fingerprint density at radius 1 is 1.42 bits per heavy atom. The minimum absolute atomic E-state index is 0.0427. The molecule has 0 radical (unpaired) electrons. The fraction of sp³-hybridized carbons (Fsp3) is 0.588. The third kappa shape index (κ3) is 2.73. The molecule has 24 heavy (non-hydrogen) atoms. The van der Waals surface area contributed by atoms with Crippen LogP contribution in [-0.4, -0.2) is 34.6 Å². The topological polar surface area (TPSA) is 81.6 Å². The Balaban J connectivity index is 1.56. The molecule has 4 rings (SSSR count). The van der Waals surface area contributed by atoms with Crippen molar-refractivity contribution in [2.45, 2.75) is 51.2 Å². The average Bonchev–Trinajstić information content (AvgIpc) is 3.00. The average molecular weight is 331 g/mol. The number of furan rings is 1. The summed E-state index contributed by atoms with van der Waals surface area (Å²) in [7, 11) is 1.60. The van der Waals surface area contributed by atoms with Crippen LogP contribution in [0.3, 0.4) is 0 Å². The summed E-state index contributed by atoms with van der Waals surface area (Å²) in [5.41, 5.74) is 0.583. The van der Waals surface area contributed by atoms with Gasteiger partial charge in [0.15, 0.2) is 5.82 Å². The maximum absolute atomic E-state index is 13.0. The Bertz CT molecular complexity index is 747. The van der Waals surface area contributed by atoms with E-state index in [2.05, 4.69) is 10.1 Å². The Morgan fingerprint density at radius 2 is 2.25 bits per heavy atom. The van der Waals surface area contributed by atoms with E-state index in [1.807, 2.05) is 4.90 Å². The van der Waals surface area contributed by atoms with Gasteiger partial charge in [-0.2, -0.15) is 4.98 Å². The molecule has 1 atom stereocenters. The summed E-state index contributed by atoms with van der Waals surface area (Å²) in [6.45, 7) is 2.85. The predicted molar refractivity (Wildman–Crippen MR) is 83.4 cm³/mol. The van der Waals surface area contributed by atoms with Crippen molar-refractivity contribution in [2.24, 2.45) is 0 Å². The van der Waals surface area contributed by atoms with Crippen molar-refractivity contribution in [3.8, 4) is 0 Å². The zero-order chi connectivity index (χ0) is 16.7. The first-order valence-corrected chi connectivity index (χ1v) is 8.40. The highest BCUT2D eigenvalue weighted by Crippen LogP contribution is 2.40. The van der Waals surface area contributed by atoms with E-state index in [-0.39, 0.29) is 11.9 Å². The molecule has 0 spiro atoms. The molecule has 0 unspecified atom stereocenters. The van der Waals surface area contributed by atoms with Gasteiger partial charge in [0.05, 0.1) is 11.6 Å². The molecule has 1 saturated heterocycles. The fourth-order valence-corrected chi connectivity index (χ4v) is 3.28. The third-order valence-corrected chi connectivity index (χ3v) is 4.68. The minimum Gasteiger partial charge on any atom is -0.463 e. The van der Waals surface area contributed by atoms with Gasteiger partial charge in [0, 0.05) is 19.6 Å². The van der Waals surface area contributed by atoms with Gasteiger partial charge in [0.1, 0.15) is 18.1 Å². The van der Waals surface area contributed by atoms with Crippen LogP contribution in [0.15, 0.2) is 15.0 Å². The predicted octanol–water partition coefficient (Wildman–Crippen LogP) is 2.97. The number of methoxy groups -OCH3 is 1. The molecule has 3 heterocycles. The highest BCUT2D eigenvalue weighted by molar-refractivity contribution is 5.95. The first-order valence-electron chi connectivity index (χ1n) is 8.40. The van der Waals surface area contributed by atoms with Gasteiger partial charge in [-0.25, -0.2) is 0 Å². The maximum Gasteiger partial charge on any atom is 0.258 e. The first kappa shape index (κ1) is 15.4. The maximum atomic E-state index is 13.0. The molecule has 2 aromatic heterocycles. The molecule has 2 fully saturated rings. The van der Waals surface area contributed by atoms with Crippen LogP contribution in [0.1, 0.15) is 71.2 Å². The SMILES string of the molecule is COCc1cc(C(=O)N2CCC[C@@H]2c2noc(C3CC3)n2)c(C)o1. The second-order valence-corrected chi connectivity index (χ2v) is 6.54. The highest BCUT2D eigenvalue weighted by atomic mass is 16.5. The summed E-state index contributed by atoms with van der Waals surface area (Å²) in [5, 5.41) is 4.12. The number of ether oxygens (including phenoxy) is 1. The van der Waals surface area contributed by atoms with E-state index in [1.165, 1.54) is 0 Å². The lowest BCUT2D eigenvalue weighted by molar-refractivity contribution is 0.0726. The number of nitrogens with zero attached hydrogens (tertiary/aromatic N) is 3. The number of aryl methyl sites for hydroxylation is 1. The summed E-state index contributed by atoms with van der Waals surface area (Å²) in [6, 6.07) is 1.65. The zero-order valence-corrected chi connectivity index (χ0v) is 13.9. The molecular formula is C17H21N3O4. The van der Waals surface area contributed by atoms with Crippen LogP contribution in [0.25, 0.3) is 0 Å². The Labute approximate surface area is 140 Å². The monoisotopic (exact) mass is 331 g/mol. The Kier molecular flexibility index (Phi) is 3.88. The summed E-state index contributed by atoms with van der Waals surface area (Å²) < 4.78 is 16.0. The summed E-state index contributed by atoms with van der Waals surface area (Å²) >= 11 is 0. The molecule has 0 N–H and O–H groups in total. The van der Waals surface area contributed by atoms with Gasteiger partial charge >= 0.3 is 0 Å². The van der Waals surface area contributed by atoms with Crippen molar-refractivity contribution in [1.82, 2.24) is 15.0 Å². The number of carbonyl (C=O) groups is 1. The van der Waals surface area contributed by atoms with Crippen LogP contribution in [0.5, 0.6) is 0 Å². The van der Waals surface area contributed by atoms with Gasteiger partial charge in [-0.3, -0.25) is 4.79 Å². The van der Waals surface area contributed by atoms with Crippen LogP contribution in [-0.2, 0) is 11.3 Å². The van der Waals surface area contributed by atoms with Gasteiger partial charge < -0.3 is 18.6 Å². The van der Waals surface area contributed by atoms with Crippen molar-refractivity contribution in [1.29, 1.82) is 0 Å². The fourth-order valence-electron chi connectivity index (χ4n) is 3.28. The standard InChI is InChI=1S/C17H21N3O4/c1-10-13(8-12(23-10)9-22-2)17(21)20-7-3-4-14(20)15-18-16(24-19-15)11-5-6-11/h8,11,14H,3-7,9H2,1-2H3/t14-/m1/s1. The van der Waals surface area contributed by atoms with Crippen LogP contribution < -0.4 is 0 Å². The zero-order valence-electron chi connectivity index (χ0n) is 13.9. The molecule has 0 aromatic carbocycles. The van der Waals surface area contributed by atoms with Gasteiger partial charge in [0.25, 0.3) is 5.91 Å². The summed E-state index contributed by atoms with van der Waals surface area (Å²) in [4.78, 5) is 19.3. The van der Waals surface area contributed by atoms with Gasteiger partial charge in [-0.1, -0.05) is 5.16 Å². The molecule has 2 aromatic rings. The number of amides is 1. The van der Waals surface area contributed by atoms with Crippen molar-refractivity contribution >= 4 is 5.91 Å². The molecule has 128 valence electrons. The summed E-state index contributed by atoms with van der Waals surface area (Å²) in [5.74, 6) is 2.99. The highest BCUT2D eigenvalue weighted by Gasteiger charge is 2.37. The van der Waals surface area contributed by atoms with E-state index < -0.39 is 0 Å². The number of carbonyl (C=O) groups excluding carboxylic acids is 1. The Hall–Kier alpha value is -2.15. The van der Waals surface area contributed by atoms with Crippen molar-refractivity contribution < 1.29 is 18.5 Å². The van der Waals surface area contributed by atoms with Crippen molar-refractivity contribution in [3.63, 3.8) is 0 Å². The number of likely N-dealkylation sites (tertiary alicyclic amines) is 1. The van der Waals surface area contributed by atoms with Crippen molar-refractivity contribution in [3.05, 3.63) is 34.9 Å².